The summed E-state index contributed by atoms with van der Waals surface area (Å²) in [6.45, 7) is -1.75. The molecular weight excluding hydrogens is 704 g/mol. The average molecular weight is 743 g/mol. The Morgan fingerprint density at radius 3 is 1.94 bits per heavy atom. The second-order valence-electron chi connectivity index (χ2n) is 12.5. The molecule has 0 amide bonds. The van der Waals surface area contributed by atoms with Crippen molar-refractivity contribution in [1.82, 2.24) is 0 Å². The van der Waals surface area contributed by atoms with Crippen LogP contribution in [0.5, 0.6) is 23.0 Å². The van der Waals surface area contributed by atoms with E-state index in [4.69, 9.17) is 32.8 Å². The fraction of sp³-hybridized carbons (Fsp3) is 0.531. The van der Waals surface area contributed by atoms with E-state index < -0.39 is 128 Å². The van der Waals surface area contributed by atoms with E-state index in [-0.39, 0.29) is 28.4 Å². The predicted molar refractivity (Wildman–Crippen MR) is 167 cm³/mol. The average Bonchev–Trinajstić information content (AvgIpc) is 3.12. The third-order valence-corrected chi connectivity index (χ3v) is 8.92. The quantitative estimate of drug-likeness (QED) is 0.0986. The Kier molecular flexibility index (Phi) is 11.2. The summed E-state index contributed by atoms with van der Waals surface area (Å²) >= 11 is 0. The van der Waals surface area contributed by atoms with Gasteiger partial charge in [0.15, 0.2) is 12.1 Å². The first-order valence-electron chi connectivity index (χ1n) is 15.9. The van der Waals surface area contributed by atoms with Crippen LogP contribution in [-0.2, 0) is 18.9 Å². The van der Waals surface area contributed by atoms with Crippen molar-refractivity contribution < 1.29 is 94.1 Å². The summed E-state index contributed by atoms with van der Waals surface area (Å²) < 4.78 is 38.9. The Labute approximate surface area is 292 Å². The number of aromatic hydroxyl groups is 2. The molecule has 52 heavy (non-hydrogen) atoms. The topological polar surface area (TPSA) is 328 Å². The summed E-state index contributed by atoms with van der Waals surface area (Å²) in [5, 5.41) is 122. The van der Waals surface area contributed by atoms with Gasteiger partial charge in [0.2, 0.25) is 23.8 Å². The van der Waals surface area contributed by atoms with Crippen LogP contribution >= 0.6 is 0 Å². The van der Waals surface area contributed by atoms with Crippen LogP contribution in [0, 0.1) is 0 Å². The summed E-state index contributed by atoms with van der Waals surface area (Å²) in [4.78, 5) is 14.0. The first-order chi connectivity index (χ1) is 24.7. The molecule has 0 bridgehead atoms. The molecule has 3 saturated heterocycles. The third-order valence-electron chi connectivity index (χ3n) is 8.92. The van der Waals surface area contributed by atoms with Crippen molar-refractivity contribution in [2.24, 2.45) is 0 Å². The third kappa shape index (κ3) is 7.27. The van der Waals surface area contributed by atoms with Crippen LogP contribution in [0.15, 0.2) is 45.6 Å². The Balaban J connectivity index is 1.32. The Hall–Kier alpha value is -3.71. The predicted octanol–water partition coefficient (Wildman–Crippen LogP) is -4.31. The van der Waals surface area contributed by atoms with Gasteiger partial charge < -0.3 is 94.1 Å². The Bertz CT molecular complexity index is 1750. The van der Waals surface area contributed by atoms with Crippen LogP contribution in [0.2, 0.25) is 0 Å². The minimum Gasteiger partial charge on any atom is -0.508 e. The van der Waals surface area contributed by atoms with E-state index >= 15 is 0 Å². The number of fused-ring (bicyclic) bond motifs is 1. The molecule has 14 unspecified atom stereocenters. The van der Waals surface area contributed by atoms with Gasteiger partial charge in [-0.1, -0.05) is 0 Å². The van der Waals surface area contributed by atoms with E-state index in [2.05, 4.69) is 0 Å². The number of hydrogen-bond acceptors (Lipinski definition) is 20. The van der Waals surface area contributed by atoms with Crippen molar-refractivity contribution in [2.45, 2.75) is 86.0 Å². The molecule has 3 fully saturated rings. The van der Waals surface area contributed by atoms with Crippen molar-refractivity contribution in [3.63, 3.8) is 0 Å². The van der Waals surface area contributed by atoms with E-state index in [9.17, 15) is 66.1 Å². The highest BCUT2D eigenvalue weighted by atomic mass is 16.7. The van der Waals surface area contributed by atoms with Gasteiger partial charge in [0.1, 0.15) is 95.4 Å². The van der Waals surface area contributed by atoms with Crippen LogP contribution in [0.1, 0.15) is 0 Å². The SMILES string of the molecule is O=c1c(OC2OC(COC3OCC(O)C(O)C3O)C(O)C(O)C2O)c(-c2ccc(O)cc2)oc2cc(OC3OC(CO)C(O)C(O)C3O)cc(O)c12. The van der Waals surface area contributed by atoms with Gasteiger partial charge in [0.25, 0.3) is 0 Å². The molecule has 4 heterocycles. The van der Waals surface area contributed by atoms with Crippen LogP contribution in [0.4, 0.5) is 0 Å². The summed E-state index contributed by atoms with van der Waals surface area (Å²) in [5.74, 6) is -2.20. The van der Waals surface area contributed by atoms with Gasteiger partial charge in [0.05, 0.1) is 19.8 Å². The zero-order chi connectivity index (χ0) is 37.6. The van der Waals surface area contributed by atoms with Crippen molar-refractivity contribution >= 4 is 11.0 Å². The van der Waals surface area contributed by atoms with Gasteiger partial charge in [-0.25, -0.2) is 0 Å². The van der Waals surface area contributed by atoms with Crippen LogP contribution in [0.25, 0.3) is 22.3 Å². The molecule has 20 nitrogen and oxygen atoms in total. The lowest BCUT2D eigenvalue weighted by atomic mass is 9.99. The second-order valence-corrected chi connectivity index (χ2v) is 12.5. The molecule has 1 aromatic heterocycles. The maximum absolute atomic E-state index is 14.0. The maximum atomic E-state index is 14.0. The second kappa shape index (κ2) is 15.3. The molecular formula is C32H38O20. The number of rotatable bonds is 9. The van der Waals surface area contributed by atoms with E-state index in [1.807, 2.05) is 0 Å². The van der Waals surface area contributed by atoms with Gasteiger partial charge in [-0.15, -0.1) is 0 Å². The Morgan fingerprint density at radius 1 is 0.692 bits per heavy atom. The molecule has 20 heteroatoms. The van der Waals surface area contributed by atoms with Crippen molar-refractivity contribution in [2.75, 3.05) is 19.8 Å². The smallest absolute Gasteiger partial charge is 0.239 e. The molecule has 0 radical (unpaired) electrons. The van der Waals surface area contributed by atoms with E-state index in [0.717, 1.165) is 12.1 Å². The maximum Gasteiger partial charge on any atom is 0.239 e. The number of aliphatic hydroxyl groups is 10. The molecule has 286 valence electrons. The van der Waals surface area contributed by atoms with E-state index in [1.54, 1.807) is 0 Å². The molecule has 2 aromatic carbocycles. The van der Waals surface area contributed by atoms with Gasteiger partial charge >= 0.3 is 0 Å². The molecule has 12 N–H and O–H groups in total. The molecule has 3 aromatic rings. The minimum atomic E-state index is -1.99. The van der Waals surface area contributed by atoms with Gasteiger partial charge in [-0.3, -0.25) is 4.79 Å². The molecule has 6 rings (SSSR count). The van der Waals surface area contributed by atoms with Crippen LogP contribution < -0.4 is 14.9 Å². The van der Waals surface area contributed by atoms with Gasteiger partial charge in [-0.2, -0.15) is 0 Å². The fourth-order valence-corrected chi connectivity index (χ4v) is 5.92. The first kappa shape index (κ1) is 38.0. The lowest BCUT2D eigenvalue weighted by Crippen LogP contribution is -2.61. The molecule has 14 atom stereocenters. The van der Waals surface area contributed by atoms with Crippen molar-refractivity contribution in [3.05, 3.63) is 46.6 Å². The standard InChI is InChI=1S/C32H38O20/c33-7-16-20(38)23(41)26(44)31(50-16)48-12-5-13(35)18-15(6-12)49-28(10-1-3-11(34)4-2-10)29(22(18)40)52-32-27(45)24(42)21(39)17(51-32)9-47-30-25(43)19(37)14(36)8-46-30/h1-6,14,16-17,19-21,23-27,30-39,41-45H,7-9H2. The molecule has 3 aliphatic rings. The van der Waals surface area contributed by atoms with E-state index in [1.165, 1.54) is 24.3 Å². The number of hydrogen-bond donors (Lipinski definition) is 12. The number of ether oxygens (including phenoxy) is 6. The van der Waals surface area contributed by atoms with Crippen LogP contribution in [0.3, 0.4) is 0 Å². The van der Waals surface area contributed by atoms with Gasteiger partial charge in [-0.05, 0) is 24.3 Å². The van der Waals surface area contributed by atoms with Crippen molar-refractivity contribution in [1.29, 1.82) is 0 Å². The molecule has 0 aliphatic carbocycles. The highest BCUT2D eigenvalue weighted by Gasteiger charge is 2.48. The molecule has 3 aliphatic heterocycles. The highest BCUT2D eigenvalue weighted by molar-refractivity contribution is 5.88. The minimum absolute atomic E-state index is 0.112. The van der Waals surface area contributed by atoms with E-state index in [0.29, 0.717) is 0 Å². The number of phenolic OH excluding ortho intramolecular Hbond substituents is 2. The van der Waals surface area contributed by atoms with Crippen molar-refractivity contribution in [3.8, 4) is 34.3 Å². The molecule has 0 spiro atoms. The Morgan fingerprint density at radius 2 is 1.29 bits per heavy atom. The van der Waals surface area contributed by atoms with Crippen LogP contribution in [-0.4, -0.2) is 167 Å². The summed E-state index contributed by atoms with van der Waals surface area (Å²) in [5.41, 5.74) is -1.26. The summed E-state index contributed by atoms with van der Waals surface area (Å²) in [7, 11) is 0. The first-order valence-corrected chi connectivity index (χ1v) is 15.9. The molecule has 0 saturated carbocycles. The lowest BCUT2D eigenvalue weighted by molar-refractivity contribution is -0.307. The number of aliphatic hydroxyl groups excluding tert-OH is 10. The number of benzene rings is 2. The zero-order valence-electron chi connectivity index (χ0n) is 26.8. The summed E-state index contributed by atoms with van der Waals surface area (Å²) in [6.07, 6.45) is -23.6. The zero-order valence-corrected chi connectivity index (χ0v) is 26.8. The normalized spacial score (nSPS) is 36.8. The largest absolute Gasteiger partial charge is 0.508 e. The summed E-state index contributed by atoms with van der Waals surface area (Å²) in [6, 6.07) is 7.20. The lowest BCUT2D eigenvalue weighted by Gasteiger charge is -2.41. The fourth-order valence-electron chi connectivity index (χ4n) is 5.92. The monoisotopic (exact) mass is 742 g/mol. The van der Waals surface area contributed by atoms with Gasteiger partial charge in [0, 0.05) is 17.7 Å². The highest BCUT2D eigenvalue weighted by Crippen LogP contribution is 2.38. The number of phenols is 2.